The first-order valence-corrected chi connectivity index (χ1v) is 10.5. The molecule has 0 radical (unpaired) electrons. The molecule has 3 rings (SSSR count). The third kappa shape index (κ3) is 5.35. The highest BCUT2D eigenvalue weighted by molar-refractivity contribution is 4.95. The van der Waals surface area contributed by atoms with Gasteiger partial charge in [-0.1, -0.05) is 0 Å². The van der Waals surface area contributed by atoms with Crippen LogP contribution in [0.25, 0.3) is 0 Å². The van der Waals surface area contributed by atoms with Crippen LogP contribution < -0.4 is 0 Å². The summed E-state index contributed by atoms with van der Waals surface area (Å²) in [5.41, 5.74) is 0. The van der Waals surface area contributed by atoms with Gasteiger partial charge in [0.15, 0.2) is 18.9 Å². The highest BCUT2D eigenvalue weighted by Crippen LogP contribution is 2.32. The van der Waals surface area contributed by atoms with Gasteiger partial charge in [-0.05, 0) is 0 Å². The molecule has 0 aromatic heterocycles. The molecular formula is C18H30F2O14. The topological polar surface area (TPSA) is 228 Å². The fourth-order valence-electron chi connectivity index (χ4n) is 3.91. The second-order valence-electron chi connectivity index (χ2n) is 8.28. The first kappa shape index (κ1) is 27.9. The molecule has 0 aromatic carbocycles. The Morgan fingerprint density at radius 2 is 0.912 bits per heavy atom. The van der Waals surface area contributed by atoms with E-state index in [0.717, 1.165) is 0 Å². The molecule has 3 heterocycles. The molecule has 0 bridgehead atoms. The predicted molar refractivity (Wildman–Crippen MR) is 99.0 cm³/mol. The van der Waals surface area contributed by atoms with Gasteiger partial charge in [-0.15, -0.1) is 0 Å². The van der Waals surface area contributed by atoms with Gasteiger partial charge in [0.2, 0.25) is 0 Å². The van der Waals surface area contributed by atoms with Crippen molar-refractivity contribution >= 4 is 0 Å². The minimum Gasteiger partial charge on any atom is -0.394 e. The number of aliphatic hydroxyl groups is 9. The van der Waals surface area contributed by atoms with Crippen molar-refractivity contribution in [1.29, 1.82) is 0 Å². The maximum Gasteiger partial charge on any atom is 0.190 e. The molecule has 14 nitrogen and oxygen atoms in total. The summed E-state index contributed by atoms with van der Waals surface area (Å²) in [6.45, 7) is -3.39. The van der Waals surface area contributed by atoms with E-state index in [1.807, 2.05) is 0 Å². The van der Waals surface area contributed by atoms with Crippen molar-refractivity contribution in [2.24, 2.45) is 0 Å². The number of hydrogen-bond donors (Lipinski definition) is 9. The van der Waals surface area contributed by atoms with E-state index in [1.165, 1.54) is 0 Å². The van der Waals surface area contributed by atoms with Crippen molar-refractivity contribution < 1.29 is 78.4 Å². The van der Waals surface area contributed by atoms with Gasteiger partial charge in [0.25, 0.3) is 0 Å². The third-order valence-electron chi connectivity index (χ3n) is 6.03. The molecule has 0 unspecified atom stereocenters. The molecule has 3 aliphatic heterocycles. The maximum atomic E-state index is 13.4. The minimum absolute atomic E-state index is 0.798. The number of halogens is 2. The molecule has 0 amide bonds. The van der Waals surface area contributed by atoms with Crippen LogP contribution in [0.3, 0.4) is 0 Å². The first-order chi connectivity index (χ1) is 16.0. The van der Waals surface area contributed by atoms with Crippen molar-refractivity contribution in [2.75, 3.05) is 20.0 Å². The maximum absolute atomic E-state index is 13.4. The number of aliphatic hydroxyl groups excluding tert-OH is 9. The predicted octanol–water partition coefficient (Wildman–Crippen LogP) is -5.62. The smallest absolute Gasteiger partial charge is 0.190 e. The standard InChI is InChI=1S/C18H30F2O14/c19-1-4-7(22)10(25)14(29)17(30-4)34-18-15(12(27)8(23)5(2-20)31-18)33-16-13(28)11(26)9(24)6(3-21)32-16/h4-18,21-29H,1-3H2/t4-,5-,6-,7-,8-,9-,10+,11+,12+,13-,14-,15-,16-,17-,18-/m1/s1. The lowest BCUT2D eigenvalue weighted by Crippen LogP contribution is -2.66. The summed E-state index contributed by atoms with van der Waals surface area (Å²) in [6.07, 6.45) is -27.2. The van der Waals surface area contributed by atoms with Crippen LogP contribution in [-0.2, 0) is 23.7 Å². The summed E-state index contributed by atoms with van der Waals surface area (Å²) in [5.74, 6) is 0. The molecular weight excluding hydrogens is 478 g/mol. The summed E-state index contributed by atoms with van der Waals surface area (Å²) >= 11 is 0. The van der Waals surface area contributed by atoms with Crippen LogP contribution in [0, 0.1) is 0 Å². The van der Waals surface area contributed by atoms with E-state index in [9.17, 15) is 54.7 Å². The second kappa shape index (κ2) is 11.6. The van der Waals surface area contributed by atoms with Crippen LogP contribution in [-0.4, -0.2) is 158 Å². The van der Waals surface area contributed by atoms with E-state index in [2.05, 4.69) is 0 Å². The molecule has 3 aliphatic rings. The monoisotopic (exact) mass is 508 g/mol. The Hall–Kier alpha value is -0.700. The molecule has 34 heavy (non-hydrogen) atoms. The molecule has 15 atom stereocenters. The van der Waals surface area contributed by atoms with E-state index < -0.39 is 112 Å². The normalized spacial score (nSPS) is 52.5. The van der Waals surface area contributed by atoms with Gasteiger partial charge in [0, 0.05) is 0 Å². The van der Waals surface area contributed by atoms with Crippen LogP contribution in [0.4, 0.5) is 8.78 Å². The Morgan fingerprint density at radius 3 is 1.41 bits per heavy atom. The Balaban J connectivity index is 1.81. The average molecular weight is 508 g/mol. The molecule has 9 N–H and O–H groups in total. The average Bonchev–Trinajstić information content (AvgIpc) is 2.83. The van der Waals surface area contributed by atoms with Crippen LogP contribution in [0.2, 0.25) is 0 Å². The van der Waals surface area contributed by atoms with Gasteiger partial charge in [0.1, 0.15) is 86.6 Å². The molecule has 16 heteroatoms. The highest BCUT2D eigenvalue weighted by Gasteiger charge is 2.53. The minimum atomic E-state index is -1.97. The van der Waals surface area contributed by atoms with Gasteiger partial charge in [0.05, 0.1) is 6.61 Å². The van der Waals surface area contributed by atoms with Crippen LogP contribution in [0.5, 0.6) is 0 Å². The first-order valence-electron chi connectivity index (χ1n) is 10.5. The van der Waals surface area contributed by atoms with Gasteiger partial charge in [-0.25, -0.2) is 8.78 Å². The van der Waals surface area contributed by atoms with Crippen molar-refractivity contribution in [2.45, 2.75) is 92.1 Å². The van der Waals surface area contributed by atoms with Gasteiger partial charge >= 0.3 is 0 Å². The lowest BCUT2D eigenvalue weighted by Gasteiger charge is -2.47. The molecule has 0 saturated carbocycles. The van der Waals surface area contributed by atoms with Gasteiger partial charge in [-0.3, -0.25) is 0 Å². The summed E-state index contributed by atoms with van der Waals surface area (Å²) in [6, 6.07) is 0. The Bertz CT molecular complexity index is 646. The number of ether oxygens (including phenoxy) is 5. The lowest BCUT2D eigenvalue weighted by molar-refractivity contribution is -0.400. The zero-order valence-corrected chi connectivity index (χ0v) is 17.6. The van der Waals surface area contributed by atoms with E-state index in [-0.39, 0.29) is 0 Å². The largest absolute Gasteiger partial charge is 0.394 e. The van der Waals surface area contributed by atoms with E-state index in [1.54, 1.807) is 0 Å². The SMILES string of the molecule is OC[C@H]1O[C@H](O[C@H]2[C@@H](O[C@H]3O[C@H](CF)[C@@H](O)[C@H](O)[C@H]3O)O[C@H](CF)[C@@H](O)[C@@H]2O)[C@H](O)[C@@H](O)[C@@H]1O. The Kier molecular flexibility index (Phi) is 9.49. The summed E-state index contributed by atoms with van der Waals surface area (Å²) in [7, 11) is 0. The van der Waals surface area contributed by atoms with E-state index >= 15 is 0 Å². The van der Waals surface area contributed by atoms with Gasteiger partial charge in [-0.2, -0.15) is 0 Å². The van der Waals surface area contributed by atoms with E-state index in [0.29, 0.717) is 0 Å². The zero-order valence-electron chi connectivity index (χ0n) is 17.6. The highest BCUT2D eigenvalue weighted by atomic mass is 19.1. The molecule has 3 saturated heterocycles. The van der Waals surface area contributed by atoms with Gasteiger partial charge < -0.3 is 69.6 Å². The van der Waals surface area contributed by atoms with Crippen molar-refractivity contribution in [3.63, 3.8) is 0 Å². The van der Waals surface area contributed by atoms with Crippen LogP contribution >= 0.6 is 0 Å². The summed E-state index contributed by atoms with van der Waals surface area (Å²) in [5, 5.41) is 89.8. The van der Waals surface area contributed by atoms with Crippen LogP contribution in [0.1, 0.15) is 0 Å². The second-order valence-corrected chi connectivity index (χ2v) is 8.28. The molecule has 200 valence electrons. The van der Waals surface area contributed by atoms with E-state index in [4.69, 9.17) is 23.7 Å². The molecule has 0 aliphatic carbocycles. The zero-order chi connectivity index (χ0) is 25.3. The van der Waals surface area contributed by atoms with Crippen molar-refractivity contribution in [3.8, 4) is 0 Å². The van der Waals surface area contributed by atoms with Crippen molar-refractivity contribution in [3.05, 3.63) is 0 Å². The van der Waals surface area contributed by atoms with Crippen molar-refractivity contribution in [1.82, 2.24) is 0 Å². The fraction of sp³-hybridized carbons (Fsp3) is 1.00. The van der Waals surface area contributed by atoms with Crippen LogP contribution in [0.15, 0.2) is 0 Å². The number of rotatable bonds is 7. The fourth-order valence-corrected chi connectivity index (χ4v) is 3.91. The molecule has 0 spiro atoms. The third-order valence-corrected chi connectivity index (χ3v) is 6.03. The quantitative estimate of drug-likeness (QED) is 0.156. The summed E-state index contributed by atoms with van der Waals surface area (Å²) < 4.78 is 52.7. The number of alkyl halides is 2. The molecule has 0 aromatic rings. The Morgan fingerprint density at radius 1 is 0.500 bits per heavy atom. The number of hydrogen-bond acceptors (Lipinski definition) is 14. The summed E-state index contributed by atoms with van der Waals surface area (Å²) in [4.78, 5) is 0. The molecule has 3 fully saturated rings. The lowest BCUT2D eigenvalue weighted by atomic mass is 9.97. The Labute approximate surface area is 191 Å².